The van der Waals surface area contributed by atoms with Crippen LogP contribution in [0.3, 0.4) is 0 Å². The van der Waals surface area contributed by atoms with Crippen LogP contribution in [0, 0.1) is 11.3 Å². The second-order valence-electron chi connectivity index (χ2n) is 4.91. The Morgan fingerprint density at radius 3 is 2.52 bits per heavy atom. The molecular formula is C19H16ClNO4. The highest BCUT2D eigenvalue weighted by atomic mass is 35.5. The van der Waals surface area contributed by atoms with E-state index >= 15 is 0 Å². The first-order chi connectivity index (χ1) is 12.1. The van der Waals surface area contributed by atoms with Crippen LogP contribution in [0.5, 0.6) is 17.2 Å². The SMILES string of the molecule is COc1cc(/C=C/C(=O)c2ccc(OCC#N)cc2)cc(Cl)c1OC. The van der Waals surface area contributed by atoms with Crippen molar-refractivity contribution < 1.29 is 19.0 Å². The van der Waals surface area contributed by atoms with Gasteiger partial charge in [-0.3, -0.25) is 4.79 Å². The van der Waals surface area contributed by atoms with E-state index in [4.69, 9.17) is 31.1 Å². The molecular weight excluding hydrogens is 342 g/mol. The maximum absolute atomic E-state index is 12.2. The molecule has 2 aromatic rings. The van der Waals surface area contributed by atoms with Crippen LogP contribution in [-0.4, -0.2) is 26.6 Å². The van der Waals surface area contributed by atoms with Crippen LogP contribution in [-0.2, 0) is 0 Å². The standard InChI is InChI=1S/C19H16ClNO4/c1-23-18-12-13(11-16(20)19(18)24-2)3-8-17(22)14-4-6-15(7-5-14)25-10-9-21/h3-8,11-12H,10H2,1-2H3/b8-3+. The van der Waals surface area contributed by atoms with Crippen molar-refractivity contribution in [3.8, 4) is 23.3 Å². The third kappa shape index (κ3) is 4.75. The molecule has 0 aliphatic rings. The lowest BCUT2D eigenvalue weighted by Gasteiger charge is -2.10. The highest BCUT2D eigenvalue weighted by Crippen LogP contribution is 2.36. The fourth-order valence-corrected chi connectivity index (χ4v) is 2.43. The molecule has 0 bridgehead atoms. The summed E-state index contributed by atoms with van der Waals surface area (Å²) in [5, 5.41) is 8.87. The Morgan fingerprint density at radius 2 is 1.92 bits per heavy atom. The molecule has 0 heterocycles. The van der Waals surface area contributed by atoms with Crippen molar-refractivity contribution in [1.82, 2.24) is 0 Å². The first-order valence-corrected chi connectivity index (χ1v) is 7.70. The summed E-state index contributed by atoms with van der Waals surface area (Å²) in [5.41, 5.74) is 1.22. The Labute approximate surface area is 151 Å². The third-order valence-electron chi connectivity index (χ3n) is 3.33. The van der Waals surface area contributed by atoms with Gasteiger partial charge in [-0.1, -0.05) is 17.7 Å². The second-order valence-corrected chi connectivity index (χ2v) is 5.31. The Balaban J connectivity index is 2.15. The van der Waals surface area contributed by atoms with Crippen LogP contribution in [0.2, 0.25) is 5.02 Å². The molecule has 0 saturated carbocycles. The summed E-state index contributed by atoms with van der Waals surface area (Å²) in [4.78, 5) is 12.2. The molecule has 0 aliphatic heterocycles. The van der Waals surface area contributed by atoms with Gasteiger partial charge in [-0.2, -0.15) is 5.26 Å². The van der Waals surface area contributed by atoms with Gasteiger partial charge in [0.2, 0.25) is 0 Å². The number of hydrogen-bond donors (Lipinski definition) is 0. The second kappa shape index (κ2) is 8.76. The Morgan fingerprint density at radius 1 is 1.20 bits per heavy atom. The summed E-state index contributed by atoms with van der Waals surface area (Å²) in [6.07, 6.45) is 3.10. The lowest BCUT2D eigenvalue weighted by Crippen LogP contribution is -1.96. The average Bonchev–Trinajstić information content (AvgIpc) is 2.64. The fraction of sp³-hybridized carbons (Fsp3) is 0.158. The monoisotopic (exact) mass is 357 g/mol. The van der Waals surface area contributed by atoms with Crippen LogP contribution in [0.4, 0.5) is 0 Å². The van der Waals surface area contributed by atoms with Crippen molar-refractivity contribution in [3.05, 3.63) is 58.6 Å². The van der Waals surface area contributed by atoms with E-state index in [0.29, 0.717) is 33.4 Å². The topological polar surface area (TPSA) is 68.5 Å². The quantitative estimate of drug-likeness (QED) is 0.550. The van der Waals surface area contributed by atoms with E-state index < -0.39 is 0 Å². The molecule has 0 radical (unpaired) electrons. The summed E-state index contributed by atoms with van der Waals surface area (Å²) in [6, 6.07) is 11.9. The number of ketones is 1. The molecule has 0 N–H and O–H groups in total. The molecule has 0 aromatic heterocycles. The Bertz CT molecular complexity index is 823. The first-order valence-electron chi connectivity index (χ1n) is 7.32. The van der Waals surface area contributed by atoms with E-state index in [0.717, 1.165) is 0 Å². The van der Waals surface area contributed by atoms with Crippen LogP contribution in [0.15, 0.2) is 42.5 Å². The molecule has 2 rings (SSSR count). The largest absolute Gasteiger partial charge is 0.493 e. The number of carbonyl (C=O) groups excluding carboxylic acids is 1. The lowest BCUT2D eigenvalue weighted by atomic mass is 10.1. The van der Waals surface area contributed by atoms with Crippen molar-refractivity contribution in [2.24, 2.45) is 0 Å². The molecule has 25 heavy (non-hydrogen) atoms. The van der Waals surface area contributed by atoms with Gasteiger partial charge >= 0.3 is 0 Å². The number of halogens is 1. The number of allylic oxidation sites excluding steroid dienone is 1. The zero-order valence-electron chi connectivity index (χ0n) is 13.8. The molecule has 0 fully saturated rings. The maximum Gasteiger partial charge on any atom is 0.185 e. The van der Waals surface area contributed by atoms with Gasteiger partial charge < -0.3 is 14.2 Å². The van der Waals surface area contributed by atoms with Crippen LogP contribution in [0.1, 0.15) is 15.9 Å². The van der Waals surface area contributed by atoms with E-state index in [2.05, 4.69) is 0 Å². The molecule has 0 aliphatic carbocycles. The van der Waals surface area contributed by atoms with Gasteiger partial charge in [0.1, 0.15) is 11.8 Å². The summed E-state index contributed by atoms with van der Waals surface area (Å²) in [7, 11) is 3.02. The fourth-order valence-electron chi connectivity index (χ4n) is 2.13. The molecule has 5 nitrogen and oxygen atoms in total. The number of hydrogen-bond acceptors (Lipinski definition) is 5. The highest BCUT2D eigenvalue weighted by Gasteiger charge is 2.10. The number of benzene rings is 2. The number of ether oxygens (including phenoxy) is 3. The van der Waals surface area contributed by atoms with E-state index in [1.807, 2.05) is 6.07 Å². The molecule has 0 amide bonds. The predicted molar refractivity (Wildman–Crippen MR) is 95.5 cm³/mol. The summed E-state index contributed by atoms with van der Waals surface area (Å²) in [6.45, 7) is -0.0345. The van der Waals surface area contributed by atoms with Crippen molar-refractivity contribution in [3.63, 3.8) is 0 Å². The van der Waals surface area contributed by atoms with Gasteiger partial charge in [-0.05, 0) is 48.0 Å². The summed E-state index contributed by atoms with van der Waals surface area (Å²) >= 11 is 6.14. The number of carbonyl (C=O) groups is 1. The van der Waals surface area contributed by atoms with Gasteiger partial charge in [0.05, 0.1) is 19.2 Å². The van der Waals surface area contributed by atoms with Crippen molar-refractivity contribution in [2.75, 3.05) is 20.8 Å². The predicted octanol–water partition coefficient (Wildman–Crippen LogP) is 4.16. The minimum Gasteiger partial charge on any atom is -0.493 e. The molecule has 6 heteroatoms. The highest BCUT2D eigenvalue weighted by molar-refractivity contribution is 6.32. The summed E-state index contributed by atoms with van der Waals surface area (Å²) in [5.74, 6) is 1.30. The summed E-state index contributed by atoms with van der Waals surface area (Å²) < 4.78 is 15.6. The number of methoxy groups -OCH3 is 2. The Kier molecular flexibility index (Phi) is 6.44. The van der Waals surface area contributed by atoms with Crippen LogP contribution < -0.4 is 14.2 Å². The van der Waals surface area contributed by atoms with E-state index in [1.165, 1.54) is 20.3 Å². The van der Waals surface area contributed by atoms with Crippen molar-refractivity contribution >= 4 is 23.5 Å². The molecule has 0 saturated heterocycles. The molecule has 128 valence electrons. The zero-order chi connectivity index (χ0) is 18.2. The van der Waals surface area contributed by atoms with Gasteiger partial charge in [0, 0.05) is 5.56 Å². The van der Waals surface area contributed by atoms with Crippen molar-refractivity contribution in [1.29, 1.82) is 5.26 Å². The van der Waals surface area contributed by atoms with Crippen LogP contribution >= 0.6 is 11.6 Å². The minimum absolute atomic E-state index is 0.0345. The number of nitrogens with zero attached hydrogens (tertiary/aromatic N) is 1. The molecule has 0 unspecified atom stereocenters. The Hall–Kier alpha value is -2.97. The normalized spacial score (nSPS) is 10.3. The smallest absolute Gasteiger partial charge is 0.185 e. The third-order valence-corrected chi connectivity index (χ3v) is 3.61. The van der Waals surface area contributed by atoms with Gasteiger partial charge in [-0.25, -0.2) is 0 Å². The van der Waals surface area contributed by atoms with Crippen LogP contribution in [0.25, 0.3) is 6.08 Å². The number of rotatable bonds is 7. The number of nitriles is 1. The van der Waals surface area contributed by atoms with E-state index in [-0.39, 0.29) is 12.4 Å². The van der Waals surface area contributed by atoms with Gasteiger partial charge in [-0.15, -0.1) is 0 Å². The zero-order valence-corrected chi connectivity index (χ0v) is 14.5. The van der Waals surface area contributed by atoms with E-state index in [1.54, 1.807) is 42.5 Å². The molecule has 0 spiro atoms. The average molecular weight is 358 g/mol. The van der Waals surface area contributed by atoms with Crippen molar-refractivity contribution in [2.45, 2.75) is 0 Å². The minimum atomic E-state index is -0.169. The molecule has 0 atom stereocenters. The van der Waals surface area contributed by atoms with Gasteiger partial charge in [0.15, 0.2) is 23.9 Å². The van der Waals surface area contributed by atoms with Gasteiger partial charge in [0.25, 0.3) is 0 Å². The first kappa shape index (κ1) is 18.4. The lowest BCUT2D eigenvalue weighted by molar-refractivity contribution is 0.104. The van der Waals surface area contributed by atoms with E-state index in [9.17, 15) is 4.79 Å². The maximum atomic E-state index is 12.2. The molecule has 2 aromatic carbocycles.